The number of rotatable bonds is 14. The molecule has 0 radical (unpaired) electrons. The molecular weight excluding hydrogens is 526 g/mol. The van der Waals surface area contributed by atoms with E-state index in [-0.39, 0.29) is 17.9 Å². The lowest BCUT2D eigenvalue weighted by atomic mass is 10.0. The van der Waals surface area contributed by atoms with Crippen LogP contribution in [0.3, 0.4) is 0 Å². The molecule has 3 aliphatic rings. The number of carbonyl (C=O) groups excluding carboxylic acids is 1. The number of sulfonamides is 1. The van der Waals surface area contributed by atoms with Crippen molar-refractivity contribution in [3.05, 3.63) is 53.6 Å². The van der Waals surface area contributed by atoms with Crippen molar-refractivity contribution in [2.75, 3.05) is 36.3 Å². The molecule has 4 N–H and O–H groups in total. The molecule has 3 aliphatic carbocycles. The van der Waals surface area contributed by atoms with Crippen LogP contribution in [0.25, 0.3) is 0 Å². The summed E-state index contributed by atoms with van der Waals surface area (Å²) in [6, 6.07) is 12.3. The Labute approximate surface area is 237 Å². The van der Waals surface area contributed by atoms with E-state index >= 15 is 0 Å². The van der Waals surface area contributed by atoms with Gasteiger partial charge in [0.15, 0.2) is 0 Å². The van der Waals surface area contributed by atoms with E-state index in [0.29, 0.717) is 43.5 Å². The molecule has 1 amide bonds. The van der Waals surface area contributed by atoms with Gasteiger partial charge in [0.25, 0.3) is 5.91 Å². The number of hydrogen-bond acceptors (Lipinski definition) is 7. The molecule has 0 spiro atoms. The summed E-state index contributed by atoms with van der Waals surface area (Å²) >= 11 is 0. The fourth-order valence-electron chi connectivity index (χ4n) is 4.44. The summed E-state index contributed by atoms with van der Waals surface area (Å²) in [5.74, 6) is 7.65. The first kappa shape index (κ1) is 28.4. The van der Waals surface area contributed by atoms with Crippen LogP contribution in [-0.2, 0) is 16.4 Å². The molecule has 9 nitrogen and oxygen atoms in total. The quantitative estimate of drug-likeness (QED) is 0.205. The Balaban J connectivity index is 1.32. The minimum Gasteiger partial charge on any atom is -0.390 e. The van der Waals surface area contributed by atoms with E-state index in [9.17, 15) is 18.3 Å². The van der Waals surface area contributed by atoms with Crippen molar-refractivity contribution >= 4 is 27.6 Å². The van der Waals surface area contributed by atoms with Gasteiger partial charge in [-0.2, -0.15) is 0 Å². The summed E-state index contributed by atoms with van der Waals surface area (Å²) in [4.78, 5) is 18.1. The average Bonchev–Trinajstić information content (AvgIpc) is 3.79. The van der Waals surface area contributed by atoms with Crippen LogP contribution in [0.15, 0.2) is 42.5 Å². The lowest BCUT2D eigenvalue weighted by molar-refractivity contribution is 0.0832. The van der Waals surface area contributed by atoms with Crippen molar-refractivity contribution in [2.45, 2.75) is 62.3 Å². The van der Waals surface area contributed by atoms with Crippen LogP contribution in [0, 0.1) is 23.7 Å². The lowest BCUT2D eigenvalue weighted by Gasteiger charge is -2.25. The minimum absolute atomic E-state index is 0.203. The number of nitrogens with zero attached hydrogens (tertiary/aromatic N) is 2. The van der Waals surface area contributed by atoms with Crippen LogP contribution in [0.1, 0.15) is 54.4 Å². The Morgan fingerprint density at radius 3 is 2.55 bits per heavy atom. The lowest BCUT2D eigenvalue weighted by Crippen LogP contribution is -2.48. The molecule has 10 heteroatoms. The highest BCUT2D eigenvalue weighted by Gasteiger charge is 2.39. The maximum Gasteiger partial charge on any atom is 0.251 e. The van der Waals surface area contributed by atoms with Crippen LogP contribution < -0.4 is 20.3 Å². The number of aliphatic hydroxyl groups excluding tert-OH is 1. The maximum absolute atomic E-state index is 13.6. The van der Waals surface area contributed by atoms with Gasteiger partial charge in [0.1, 0.15) is 11.6 Å². The monoisotopic (exact) mass is 565 g/mol. The Kier molecular flexibility index (Phi) is 8.94. The molecular formula is C30H39N5O4S. The summed E-state index contributed by atoms with van der Waals surface area (Å²) < 4.78 is 27.1. The van der Waals surface area contributed by atoms with Crippen LogP contribution in [-0.4, -0.2) is 68.5 Å². The first-order valence-electron chi connectivity index (χ1n) is 14.3. The van der Waals surface area contributed by atoms with Crippen molar-refractivity contribution in [1.29, 1.82) is 0 Å². The molecule has 1 aromatic heterocycles. The third-order valence-electron chi connectivity index (χ3n) is 7.52. The average molecular weight is 566 g/mol. The summed E-state index contributed by atoms with van der Waals surface area (Å²) in [6.07, 6.45) is 5.47. The van der Waals surface area contributed by atoms with Gasteiger partial charge in [-0.15, -0.1) is 0 Å². The predicted octanol–water partition coefficient (Wildman–Crippen LogP) is 2.54. The first-order chi connectivity index (χ1) is 19.3. The zero-order chi connectivity index (χ0) is 28.1. The smallest absolute Gasteiger partial charge is 0.251 e. The highest BCUT2D eigenvalue weighted by Crippen LogP contribution is 2.33. The van der Waals surface area contributed by atoms with Crippen molar-refractivity contribution in [1.82, 2.24) is 15.6 Å². The molecule has 5 rings (SSSR count). The van der Waals surface area contributed by atoms with E-state index in [1.165, 1.54) is 17.4 Å². The fraction of sp³-hybridized carbons (Fsp3) is 0.533. The minimum atomic E-state index is -3.54. The van der Waals surface area contributed by atoms with Crippen LogP contribution in [0.5, 0.6) is 0 Å². The summed E-state index contributed by atoms with van der Waals surface area (Å²) in [6.45, 7) is 1.47. The molecule has 214 valence electrons. The maximum atomic E-state index is 13.6. The molecule has 0 saturated heterocycles. The van der Waals surface area contributed by atoms with E-state index in [1.54, 1.807) is 6.07 Å². The Bertz CT molecular complexity index is 1350. The summed E-state index contributed by atoms with van der Waals surface area (Å²) in [5.41, 5.74) is 1.27. The standard InChI is InChI=1S/C30H39N5O4S/c1-35(40(38,39)25-13-14-25)29-18-24(17-28(34-29)32-19-23-11-12-23)30(37)33-26(16-22-6-3-2-4-7-22)27(36)20-31-15-5-8-21-9-10-21/h2-4,6-7,17-18,21,23,25-27,31,36H,9-16,19-20H2,1H3,(H,32,34)(H,33,37)/t26-,27+/m0/s1. The van der Waals surface area contributed by atoms with E-state index in [4.69, 9.17) is 0 Å². The Morgan fingerprint density at radius 2 is 1.88 bits per heavy atom. The van der Waals surface area contributed by atoms with Crippen LogP contribution in [0.4, 0.5) is 11.6 Å². The van der Waals surface area contributed by atoms with E-state index in [1.807, 2.05) is 30.3 Å². The molecule has 2 aromatic rings. The van der Waals surface area contributed by atoms with Gasteiger partial charge >= 0.3 is 0 Å². The van der Waals surface area contributed by atoms with Gasteiger partial charge in [-0.1, -0.05) is 42.2 Å². The van der Waals surface area contributed by atoms with Gasteiger partial charge in [-0.3, -0.25) is 9.10 Å². The number of aliphatic hydroxyl groups is 1. The highest BCUT2D eigenvalue weighted by molar-refractivity contribution is 7.93. The van der Waals surface area contributed by atoms with Crippen molar-refractivity contribution < 1.29 is 18.3 Å². The first-order valence-corrected chi connectivity index (χ1v) is 15.8. The number of hydrogen-bond donors (Lipinski definition) is 4. The normalized spacial score (nSPS) is 18.2. The highest BCUT2D eigenvalue weighted by atomic mass is 32.2. The molecule has 3 saturated carbocycles. The van der Waals surface area contributed by atoms with Gasteiger partial charge in [0.05, 0.1) is 23.9 Å². The fourth-order valence-corrected chi connectivity index (χ4v) is 5.97. The zero-order valence-corrected chi connectivity index (χ0v) is 23.8. The van der Waals surface area contributed by atoms with Crippen molar-refractivity contribution in [3.8, 4) is 11.8 Å². The third-order valence-corrected chi connectivity index (χ3v) is 9.79. The van der Waals surface area contributed by atoms with Crippen LogP contribution in [0.2, 0.25) is 0 Å². The summed E-state index contributed by atoms with van der Waals surface area (Å²) in [7, 11) is -2.05. The predicted molar refractivity (Wildman–Crippen MR) is 157 cm³/mol. The van der Waals surface area contributed by atoms with Gasteiger partial charge in [0.2, 0.25) is 10.0 Å². The molecule has 0 aliphatic heterocycles. The number of carbonyl (C=O) groups is 1. The second kappa shape index (κ2) is 12.6. The molecule has 1 heterocycles. The molecule has 0 bridgehead atoms. The number of pyridine rings is 1. The largest absolute Gasteiger partial charge is 0.390 e. The zero-order valence-electron chi connectivity index (χ0n) is 23.0. The second-order valence-corrected chi connectivity index (χ2v) is 13.4. The SMILES string of the molecule is CN(c1cc(C(=O)N[C@@H](Cc2ccccc2)[C@H](O)CNCC#CC2CC2)cc(NCC2CC2)n1)S(=O)(=O)C1CC1. The Morgan fingerprint density at radius 1 is 1.12 bits per heavy atom. The molecule has 3 fully saturated rings. The molecule has 0 unspecified atom stereocenters. The Hall–Kier alpha value is -3.13. The van der Waals surface area contributed by atoms with Gasteiger partial charge in [-0.05, 0) is 68.6 Å². The number of nitrogens with one attached hydrogen (secondary N) is 3. The van der Waals surface area contributed by atoms with Crippen LogP contribution >= 0.6 is 0 Å². The van der Waals surface area contributed by atoms with Gasteiger partial charge in [-0.25, -0.2) is 13.4 Å². The number of amides is 1. The number of benzene rings is 1. The third kappa shape index (κ3) is 7.96. The topological polar surface area (TPSA) is 124 Å². The van der Waals surface area contributed by atoms with Crippen molar-refractivity contribution in [3.63, 3.8) is 0 Å². The molecule has 2 atom stereocenters. The van der Waals surface area contributed by atoms with E-state index in [0.717, 1.165) is 37.8 Å². The summed E-state index contributed by atoms with van der Waals surface area (Å²) in [5, 5.41) is 20.1. The van der Waals surface area contributed by atoms with Gasteiger partial charge < -0.3 is 21.1 Å². The van der Waals surface area contributed by atoms with Gasteiger partial charge in [0, 0.05) is 31.6 Å². The molecule has 40 heavy (non-hydrogen) atoms. The molecule has 1 aromatic carbocycles. The van der Waals surface area contributed by atoms with Crippen molar-refractivity contribution in [2.24, 2.45) is 11.8 Å². The second-order valence-electron chi connectivity index (χ2n) is 11.2. The number of aromatic nitrogens is 1. The van der Waals surface area contributed by atoms with E-state index < -0.39 is 33.3 Å². The number of anilines is 2. The van der Waals surface area contributed by atoms with E-state index in [2.05, 4.69) is 32.8 Å².